The fourth-order valence-electron chi connectivity index (χ4n) is 2.65. The number of hydrogen-bond acceptors (Lipinski definition) is 4. The van der Waals surface area contributed by atoms with Crippen molar-refractivity contribution in [3.63, 3.8) is 0 Å². The maximum Gasteiger partial charge on any atom is 0.336 e. The molecule has 2 aromatic carbocycles. The van der Waals surface area contributed by atoms with Gasteiger partial charge in [0.1, 0.15) is 5.69 Å². The number of nitro groups is 1. The number of hydrogen-bond donors (Lipinski definition) is 2. The summed E-state index contributed by atoms with van der Waals surface area (Å²) in [4.78, 5) is 34.3. The molecule has 0 radical (unpaired) electrons. The van der Waals surface area contributed by atoms with Gasteiger partial charge >= 0.3 is 5.97 Å². The van der Waals surface area contributed by atoms with Crippen LogP contribution in [0.1, 0.15) is 34.8 Å². The fourth-order valence-corrected chi connectivity index (χ4v) is 2.97. The SMILES string of the molecule is CCc1c(C(=O)O)ccc([N+](=O)[O-])c1NC(=O)CCc1ccc(Cl)c(Cl)c1. The molecule has 2 aromatic rings. The number of aryl methyl sites for hydroxylation is 1. The molecule has 0 aliphatic rings. The minimum absolute atomic E-state index is 0.0373. The molecule has 2 N–H and O–H groups in total. The predicted molar refractivity (Wildman–Crippen MR) is 103 cm³/mol. The van der Waals surface area contributed by atoms with E-state index in [0.29, 0.717) is 16.5 Å². The number of nitro benzene ring substituents is 1. The summed E-state index contributed by atoms with van der Waals surface area (Å²) in [5.41, 5.74) is 0.479. The van der Waals surface area contributed by atoms with Crippen LogP contribution in [-0.4, -0.2) is 21.9 Å². The van der Waals surface area contributed by atoms with Crippen molar-refractivity contribution in [2.75, 3.05) is 5.32 Å². The molecular formula is C18H16Cl2N2O5. The Balaban J connectivity index is 2.25. The van der Waals surface area contributed by atoms with Gasteiger partial charge in [-0.3, -0.25) is 14.9 Å². The zero-order valence-electron chi connectivity index (χ0n) is 14.3. The number of carboxylic acid groups (broad SMARTS) is 1. The molecule has 0 atom stereocenters. The molecule has 0 aromatic heterocycles. The Kier molecular flexibility index (Phi) is 6.76. The molecular weight excluding hydrogens is 395 g/mol. The third kappa shape index (κ3) is 4.96. The van der Waals surface area contributed by atoms with Crippen molar-refractivity contribution in [1.29, 1.82) is 0 Å². The smallest absolute Gasteiger partial charge is 0.336 e. The van der Waals surface area contributed by atoms with E-state index in [-0.39, 0.29) is 35.3 Å². The molecule has 0 unspecified atom stereocenters. The van der Waals surface area contributed by atoms with Gasteiger partial charge in [0.05, 0.1) is 20.5 Å². The van der Waals surface area contributed by atoms with E-state index in [1.165, 1.54) is 6.07 Å². The lowest BCUT2D eigenvalue weighted by atomic mass is 10.0. The topological polar surface area (TPSA) is 110 Å². The molecule has 0 heterocycles. The fraction of sp³-hybridized carbons (Fsp3) is 0.222. The molecule has 0 saturated carbocycles. The molecule has 9 heteroatoms. The Morgan fingerprint density at radius 1 is 1.19 bits per heavy atom. The summed E-state index contributed by atoms with van der Waals surface area (Å²) in [5.74, 6) is -1.69. The highest BCUT2D eigenvalue weighted by Gasteiger charge is 2.24. The van der Waals surface area contributed by atoms with Gasteiger partial charge in [0, 0.05) is 12.5 Å². The van der Waals surface area contributed by atoms with Gasteiger partial charge in [0.25, 0.3) is 5.69 Å². The standard InChI is InChI=1S/C18H16Cl2N2O5/c1-2-11-12(18(24)25)5-7-15(22(26)27)17(11)21-16(23)8-4-10-3-6-13(19)14(20)9-10/h3,5-7,9H,2,4,8H2,1H3,(H,21,23)(H,24,25). The van der Waals surface area contributed by atoms with Crippen LogP contribution < -0.4 is 5.32 Å². The average molecular weight is 411 g/mol. The Morgan fingerprint density at radius 3 is 2.44 bits per heavy atom. The highest BCUT2D eigenvalue weighted by atomic mass is 35.5. The molecule has 0 fully saturated rings. The number of carbonyl (C=O) groups excluding carboxylic acids is 1. The van der Waals surface area contributed by atoms with Crippen LogP contribution in [0.4, 0.5) is 11.4 Å². The molecule has 0 spiro atoms. The number of amides is 1. The Morgan fingerprint density at radius 2 is 1.89 bits per heavy atom. The zero-order valence-corrected chi connectivity index (χ0v) is 15.8. The van der Waals surface area contributed by atoms with Gasteiger partial charge in [-0.25, -0.2) is 4.79 Å². The molecule has 1 amide bonds. The third-order valence-corrected chi connectivity index (χ3v) is 4.70. The van der Waals surface area contributed by atoms with Gasteiger partial charge < -0.3 is 10.4 Å². The second-order valence-electron chi connectivity index (χ2n) is 5.70. The number of rotatable bonds is 7. The number of halogens is 2. The van der Waals surface area contributed by atoms with E-state index in [1.54, 1.807) is 25.1 Å². The van der Waals surface area contributed by atoms with Crippen LogP contribution in [0, 0.1) is 10.1 Å². The Hall–Kier alpha value is -2.64. The highest BCUT2D eigenvalue weighted by Crippen LogP contribution is 2.32. The second kappa shape index (κ2) is 8.83. The first-order chi connectivity index (χ1) is 12.7. The van der Waals surface area contributed by atoms with Crippen LogP contribution in [0.3, 0.4) is 0 Å². The third-order valence-electron chi connectivity index (χ3n) is 3.96. The average Bonchev–Trinajstić information content (AvgIpc) is 2.61. The van der Waals surface area contributed by atoms with Gasteiger partial charge in [0.2, 0.25) is 5.91 Å². The minimum atomic E-state index is -1.21. The van der Waals surface area contributed by atoms with Gasteiger partial charge in [-0.05, 0) is 42.2 Å². The normalized spacial score (nSPS) is 10.5. The molecule has 0 aliphatic carbocycles. The molecule has 142 valence electrons. The molecule has 0 saturated heterocycles. The quantitative estimate of drug-likeness (QED) is 0.506. The van der Waals surface area contributed by atoms with Crippen molar-refractivity contribution in [2.24, 2.45) is 0 Å². The molecule has 0 bridgehead atoms. The van der Waals surface area contributed by atoms with Crippen LogP contribution >= 0.6 is 23.2 Å². The van der Waals surface area contributed by atoms with Gasteiger partial charge in [-0.2, -0.15) is 0 Å². The summed E-state index contributed by atoms with van der Waals surface area (Å²) >= 11 is 11.8. The number of nitrogens with one attached hydrogen (secondary N) is 1. The largest absolute Gasteiger partial charge is 0.478 e. The Labute approximate surface area is 165 Å². The van der Waals surface area contributed by atoms with Crippen LogP contribution in [0.15, 0.2) is 30.3 Å². The van der Waals surface area contributed by atoms with Crippen LogP contribution in [0.2, 0.25) is 10.0 Å². The van der Waals surface area contributed by atoms with E-state index < -0.39 is 16.8 Å². The minimum Gasteiger partial charge on any atom is -0.478 e. The second-order valence-corrected chi connectivity index (χ2v) is 6.51. The zero-order chi connectivity index (χ0) is 20.1. The number of anilines is 1. The Bertz CT molecular complexity index is 915. The number of nitrogens with zero attached hydrogens (tertiary/aromatic N) is 1. The van der Waals surface area contributed by atoms with Crippen molar-refractivity contribution < 1.29 is 19.6 Å². The van der Waals surface area contributed by atoms with Crippen LogP contribution in [0.5, 0.6) is 0 Å². The predicted octanol–water partition coefficient (Wildman–Crippen LogP) is 4.73. The summed E-state index contributed by atoms with van der Waals surface area (Å²) in [7, 11) is 0. The first-order valence-electron chi connectivity index (χ1n) is 8.02. The number of carboxylic acids is 1. The summed E-state index contributed by atoms with van der Waals surface area (Å²) < 4.78 is 0. The number of aromatic carboxylic acids is 1. The van der Waals surface area contributed by atoms with Crippen molar-refractivity contribution in [1.82, 2.24) is 0 Å². The summed E-state index contributed by atoms with van der Waals surface area (Å²) in [6, 6.07) is 7.24. The first kappa shape index (κ1) is 20.7. The van der Waals surface area contributed by atoms with Gasteiger partial charge in [0.15, 0.2) is 0 Å². The van der Waals surface area contributed by atoms with E-state index in [9.17, 15) is 24.8 Å². The lowest BCUT2D eigenvalue weighted by Gasteiger charge is -2.13. The van der Waals surface area contributed by atoms with Gasteiger partial charge in [-0.1, -0.05) is 36.2 Å². The van der Waals surface area contributed by atoms with Crippen LogP contribution in [0.25, 0.3) is 0 Å². The number of carbonyl (C=O) groups is 2. The molecule has 7 nitrogen and oxygen atoms in total. The van der Waals surface area contributed by atoms with Crippen molar-refractivity contribution in [2.45, 2.75) is 26.2 Å². The monoisotopic (exact) mass is 410 g/mol. The molecule has 0 aliphatic heterocycles. The van der Waals surface area contributed by atoms with E-state index in [1.807, 2.05) is 0 Å². The molecule has 2 rings (SSSR count). The van der Waals surface area contributed by atoms with Crippen molar-refractivity contribution in [3.05, 3.63) is 67.2 Å². The van der Waals surface area contributed by atoms with Gasteiger partial charge in [-0.15, -0.1) is 0 Å². The van der Waals surface area contributed by atoms with E-state index in [4.69, 9.17) is 23.2 Å². The summed E-state index contributed by atoms with van der Waals surface area (Å²) in [6.45, 7) is 1.66. The first-order valence-corrected chi connectivity index (χ1v) is 8.77. The maximum atomic E-state index is 12.3. The molecule has 27 heavy (non-hydrogen) atoms. The lowest BCUT2D eigenvalue weighted by molar-refractivity contribution is -0.384. The summed E-state index contributed by atoms with van der Waals surface area (Å²) in [5, 5.41) is 23.8. The van der Waals surface area contributed by atoms with Crippen LogP contribution in [-0.2, 0) is 17.6 Å². The van der Waals surface area contributed by atoms with E-state index in [0.717, 1.165) is 11.6 Å². The van der Waals surface area contributed by atoms with Crippen molar-refractivity contribution >= 4 is 46.5 Å². The van der Waals surface area contributed by atoms with E-state index in [2.05, 4.69) is 5.32 Å². The number of benzene rings is 2. The maximum absolute atomic E-state index is 12.3. The van der Waals surface area contributed by atoms with E-state index >= 15 is 0 Å². The summed E-state index contributed by atoms with van der Waals surface area (Å²) in [6.07, 6.45) is 0.595. The van der Waals surface area contributed by atoms with Crippen molar-refractivity contribution in [3.8, 4) is 0 Å². The highest BCUT2D eigenvalue weighted by molar-refractivity contribution is 6.42. The lowest BCUT2D eigenvalue weighted by Crippen LogP contribution is -2.17.